The number of alkyl halides is 1. The SMILES string of the molecule is CCC(=O)Nc1nnc(CCBr)s1. The Morgan fingerprint density at radius 3 is 3.00 bits per heavy atom. The van der Waals surface area contributed by atoms with Crippen LogP contribution in [0.3, 0.4) is 0 Å². The molecule has 0 atom stereocenters. The second-order valence-corrected chi connectivity index (χ2v) is 4.20. The van der Waals surface area contributed by atoms with Crippen LogP contribution >= 0.6 is 27.3 Å². The number of nitrogens with one attached hydrogen (secondary N) is 1. The molecule has 0 unspecified atom stereocenters. The third-order valence-corrected chi connectivity index (χ3v) is 2.64. The molecule has 0 saturated heterocycles. The number of anilines is 1. The molecule has 0 bridgehead atoms. The summed E-state index contributed by atoms with van der Waals surface area (Å²) in [5.41, 5.74) is 0. The van der Waals surface area contributed by atoms with Crippen molar-refractivity contribution in [2.24, 2.45) is 0 Å². The fourth-order valence-corrected chi connectivity index (χ4v) is 2.09. The van der Waals surface area contributed by atoms with Gasteiger partial charge in [0.2, 0.25) is 11.0 Å². The van der Waals surface area contributed by atoms with Crippen LogP contribution in [0.5, 0.6) is 0 Å². The third kappa shape index (κ3) is 3.40. The molecule has 4 nitrogen and oxygen atoms in total. The first-order valence-corrected chi connectivity index (χ1v) is 5.88. The van der Waals surface area contributed by atoms with E-state index in [1.54, 1.807) is 6.92 Å². The molecule has 0 aromatic carbocycles. The fraction of sp³-hybridized carbons (Fsp3) is 0.571. The summed E-state index contributed by atoms with van der Waals surface area (Å²) in [6.45, 7) is 1.80. The first-order chi connectivity index (χ1) is 6.26. The van der Waals surface area contributed by atoms with E-state index in [2.05, 4.69) is 31.4 Å². The standard InChI is InChI=1S/C7H10BrN3OS/c1-2-5(12)9-7-11-10-6(13-7)3-4-8/h2-4H2,1H3,(H,9,11,12). The minimum absolute atomic E-state index is 0.0263. The lowest BCUT2D eigenvalue weighted by molar-refractivity contribution is -0.115. The summed E-state index contributed by atoms with van der Waals surface area (Å²) in [6, 6.07) is 0. The van der Waals surface area contributed by atoms with Gasteiger partial charge in [0.05, 0.1) is 0 Å². The number of amides is 1. The molecule has 0 spiro atoms. The van der Waals surface area contributed by atoms with Gasteiger partial charge in [-0.1, -0.05) is 34.2 Å². The molecule has 0 saturated carbocycles. The molecule has 0 fully saturated rings. The molecule has 1 aromatic heterocycles. The van der Waals surface area contributed by atoms with Gasteiger partial charge in [-0.2, -0.15) is 0 Å². The highest BCUT2D eigenvalue weighted by Crippen LogP contribution is 2.16. The first kappa shape index (κ1) is 10.6. The summed E-state index contributed by atoms with van der Waals surface area (Å²) >= 11 is 4.73. The number of carbonyl (C=O) groups is 1. The van der Waals surface area contributed by atoms with E-state index in [9.17, 15) is 4.79 Å². The molecule has 72 valence electrons. The van der Waals surface area contributed by atoms with Crippen molar-refractivity contribution in [2.45, 2.75) is 19.8 Å². The van der Waals surface area contributed by atoms with Crippen LogP contribution < -0.4 is 5.32 Å². The van der Waals surface area contributed by atoms with Crippen LogP contribution in [-0.4, -0.2) is 21.4 Å². The lowest BCUT2D eigenvalue weighted by Gasteiger charge is -1.94. The third-order valence-electron chi connectivity index (χ3n) is 1.34. The number of carbonyl (C=O) groups excluding carboxylic acids is 1. The van der Waals surface area contributed by atoms with Crippen LogP contribution in [0.2, 0.25) is 0 Å². The Morgan fingerprint density at radius 2 is 2.38 bits per heavy atom. The van der Waals surface area contributed by atoms with Gasteiger partial charge in [-0.25, -0.2) is 0 Å². The predicted molar refractivity (Wildman–Crippen MR) is 56.3 cm³/mol. The maximum Gasteiger partial charge on any atom is 0.225 e. The van der Waals surface area contributed by atoms with E-state index in [4.69, 9.17) is 0 Å². The quantitative estimate of drug-likeness (QED) is 0.844. The number of nitrogens with zero attached hydrogens (tertiary/aromatic N) is 2. The molecule has 0 aliphatic heterocycles. The van der Waals surface area contributed by atoms with E-state index < -0.39 is 0 Å². The van der Waals surface area contributed by atoms with Crippen molar-refractivity contribution >= 4 is 38.3 Å². The number of aromatic nitrogens is 2. The highest BCUT2D eigenvalue weighted by molar-refractivity contribution is 9.09. The van der Waals surface area contributed by atoms with E-state index >= 15 is 0 Å². The fourth-order valence-electron chi connectivity index (χ4n) is 0.694. The van der Waals surface area contributed by atoms with E-state index in [1.165, 1.54) is 11.3 Å². The molecule has 1 heterocycles. The molecule has 6 heteroatoms. The second kappa shape index (κ2) is 5.29. The second-order valence-electron chi connectivity index (χ2n) is 2.34. The van der Waals surface area contributed by atoms with Gasteiger partial charge in [-0.05, 0) is 0 Å². The Morgan fingerprint density at radius 1 is 1.62 bits per heavy atom. The van der Waals surface area contributed by atoms with Gasteiger partial charge in [0.15, 0.2) is 0 Å². The summed E-state index contributed by atoms with van der Waals surface area (Å²) in [5.74, 6) is -0.0263. The lowest BCUT2D eigenvalue weighted by Crippen LogP contribution is -2.08. The Hall–Kier alpha value is -0.490. The van der Waals surface area contributed by atoms with Gasteiger partial charge in [-0.15, -0.1) is 10.2 Å². The van der Waals surface area contributed by atoms with E-state index in [0.29, 0.717) is 11.6 Å². The number of hydrogen-bond donors (Lipinski definition) is 1. The van der Waals surface area contributed by atoms with Gasteiger partial charge < -0.3 is 5.32 Å². The van der Waals surface area contributed by atoms with Gasteiger partial charge in [0, 0.05) is 18.2 Å². The first-order valence-electron chi connectivity index (χ1n) is 3.94. The zero-order valence-electron chi connectivity index (χ0n) is 7.21. The van der Waals surface area contributed by atoms with Gasteiger partial charge in [0.25, 0.3) is 0 Å². The minimum atomic E-state index is -0.0263. The largest absolute Gasteiger partial charge is 0.301 e. The zero-order valence-corrected chi connectivity index (χ0v) is 9.61. The smallest absolute Gasteiger partial charge is 0.225 e. The summed E-state index contributed by atoms with van der Waals surface area (Å²) in [7, 11) is 0. The van der Waals surface area contributed by atoms with E-state index in [1.807, 2.05) is 0 Å². The Kier molecular flexibility index (Phi) is 4.31. The van der Waals surface area contributed by atoms with Crippen molar-refractivity contribution < 1.29 is 4.79 Å². The average molecular weight is 264 g/mol. The highest BCUT2D eigenvalue weighted by Gasteiger charge is 2.05. The number of halogens is 1. The van der Waals surface area contributed by atoms with Crippen molar-refractivity contribution in [2.75, 3.05) is 10.6 Å². The molecule has 1 aromatic rings. The van der Waals surface area contributed by atoms with Crippen LogP contribution in [0.25, 0.3) is 0 Å². The summed E-state index contributed by atoms with van der Waals surface area (Å²) < 4.78 is 0. The average Bonchev–Trinajstić information content (AvgIpc) is 2.53. The van der Waals surface area contributed by atoms with Crippen molar-refractivity contribution in [3.8, 4) is 0 Å². The summed E-state index contributed by atoms with van der Waals surface area (Å²) in [4.78, 5) is 11.0. The predicted octanol–water partition coefficient (Wildman–Crippen LogP) is 1.82. The minimum Gasteiger partial charge on any atom is -0.301 e. The van der Waals surface area contributed by atoms with Crippen LogP contribution in [0.15, 0.2) is 0 Å². The molecule has 1 amide bonds. The molecule has 1 N–H and O–H groups in total. The molecular formula is C7H10BrN3OS. The van der Waals surface area contributed by atoms with Crippen LogP contribution in [0, 0.1) is 0 Å². The molecule has 1 rings (SSSR count). The maximum atomic E-state index is 11.0. The van der Waals surface area contributed by atoms with Crippen LogP contribution in [0.4, 0.5) is 5.13 Å². The highest BCUT2D eigenvalue weighted by atomic mass is 79.9. The Balaban J connectivity index is 2.53. The van der Waals surface area contributed by atoms with E-state index in [0.717, 1.165) is 16.8 Å². The monoisotopic (exact) mass is 263 g/mol. The van der Waals surface area contributed by atoms with Crippen molar-refractivity contribution in [3.63, 3.8) is 0 Å². The van der Waals surface area contributed by atoms with Crippen molar-refractivity contribution in [1.82, 2.24) is 10.2 Å². The molecule has 0 radical (unpaired) electrons. The topological polar surface area (TPSA) is 54.9 Å². The number of rotatable bonds is 4. The van der Waals surface area contributed by atoms with Gasteiger partial charge in [0.1, 0.15) is 5.01 Å². The normalized spacial score (nSPS) is 10.0. The van der Waals surface area contributed by atoms with Gasteiger partial charge >= 0.3 is 0 Å². The van der Waals surface area contributed by atoms with Crippen LogP contribution in [0.1, 0.15) is 18.4 Å². The molecular weight excluding hydrogens is 254 g/mol. The molecule has 0 aliphatic carbocycles. The maximum absolute atomic E-state index is 11.0. The number of hydrogen-bond acceptors (Lipinski definition) is 4. The van der Waals surface area contributed by atoms with Gasteiger partial charge in [-0.3, -0.25) is 4.79 Å². The molecule has 13 heavy (non-hydrogen) atoms. The van der Waals surface area contributed by atoms with Crippen molar-refractivity contribution in [3.05, 3.63) is 5.01 Å². The zero-order chi connectivity index (χ0) is 9.68. The summed E-state index contributed by atoms with van der Waals surface area (Å²) in [5, 5.41) is 12.8. The Bertz CT molecular complexity index is 289. The molecule has 0 aliphatic rings. The Labute approximate surface area is 88.9 Å². The summed E-state index contributed by atoms with van der Waals surface area (Å²) in [6.07, 6.45) is 1.31. The van der Waals surface area contributed by atoms with E-state index in [-0.39, 0.29) is 5.91 Å². The van der Waals surface area contributed by atoms with Crippen molar-refractivity contribution in [1.29, 1.82) is 0 Å². The number of aryl methyl sites for hydroxylation is 1. The lowest BCUT2D eigenvalue weighted by atomic mass is 10.5. The van der Waals surface area contributed by atoms with Crippen LogP contribution in [-0.2, 0) is 11.2 Å².